The highest BCUT2D eigenvalue weighted by Gasteiger charge is 2.30. The van der Waals surface area contributed by atoms with E-state index in [1.165, 1.54) is 12.8 Å². The highest BCUT2D eigenvalue weighted by molar-refractivity contribution is 5.71. The zero-order valence-electron chi connectivity index (χ0n) is 8.31. The summed E-state index contributed by atoms with van der Waals surface area (Å²) in [5.74, 6) is 0.371. The first-order valence-electron chi connectivity index (χ1n) is 5.28. The SMILES string of the molecule is O=C(O)C1CNc2nc(C3CC3)cn2C1. The number of hydrogen-bond donors (Lipinski definition) is 2. The predicted molar refractivity (Wildman–Crippen MR) is 53.8 cm³/mol. The van der Waals surface area contributed by atoms with E-state index in [1.807, 2.05) is 10.8 Å². The fourth-order valence-electron chi connectivity index (χ4n) is 1.97. The van der Waals surface area contributed by atoms with E-state index in [0.717, 1.165) is 11.6 Å². The first-order chi connectivity index (χ1) is 7.24. The van der Waals surface area contributed by atoms with Crippen LogP contribution in [0.2, 0.25) is 0 Å². The molecule has 1 atom stereocenters. The number of aliphatic carboxylic acids is 1. The van der Waals surface area contributed by atoms with Crippen LogP contribution in [0.3, 0.4) is 0 Å². The maximum atomic E-state index is 10.8. The third-order valence-corrected chi connectivity index (χ3v) is 3.06. The predicted octanol–water partition coefficient (Wildman–Crippen LogP) is 0.887. The van der Waals surface area contributed by atoms with Crippen LogP contribution in [0.15, 0.2) is 6.20 Å². The summed E-state index contributed by atoms with van der Waals surface area (Å²) in [5.41, 5.74) is 1.11. The Labute approximate surface area is 87.1 Å². The van der Waals surface area contributed by atoms with Gasteiger partial charge in [0.05, 0.1) is 11.6 Å². The summed E-state index contributed by atoms with van der Waals surface area (Å²) in [5, 5.41) is 12.0. The van der Waals surface area contributed by atoms with Gasteiger partial charge in [-0.1, -0.05) is 0 Å². The monoisotopic (exact) mass is 207 g/mol. The summed E-state index contributed by atoms with van der Waals surface area (Å²) >= 11 is 0. The van der Waals surface area contributed by atoms with Crippen molar-refractivity contribution in [3.05, 3.63) is 11.9 Å². The number of carbonyl (C=O) groups is 1. The van der Waals surface area contributed by atoms with Gasteiger partial charge in [-0.15, -0.1) is 0 Å². The molecule has 80 valence electrons. The molecule has 0 radical (unpaired) electrons. The van der Waals surface area contributed by atoms with Crippen molar-refractivity contribution in [1.82, 2.24) is 9.55 Å². The van der Waals surface area contributed by atoms with Crippen molar-refractivity contribution in [2.75, 3.05) is 11.9 Å². The van der Waals surface area contributed by atoms with Gasteiger partial charge in [0.2, 0.25) is 5.95 Å². The number of fused-ring (bicyclic) bond motifs is 1. The van der Waals surface area contributed by atoms with E-state index in [4.69, 9.17) is 5.11 Å². The highest BCUT2D eigenvalue weighted by Crippen LogP contribution is 2.40. The summed E-state index contributed by atoms with van der Waals surface area (Å²) in [6.07, 6.45) is 4.44. The molecule has 1 aliphatic heterocycles. The third kappa shape index (κ3) is 1.48. The molecule has 0 aromatic carbocycles. The molecule has 15 heavy (non-hydrogen) atoms. The van der Waals surface area contributed by atoms with E-state index < -0.39 is 5.97 Å². The lowest BCUT2D eigenvalue weighted by molar-refractivity contribution is -0.141. The molecular formula is C10H13N3O2. The van der Waals surface area contributed by atoms with E-state index in [9.17, 15) is 4.79 Å². The maximum absolute atomic E-state index is 10.8. The molecule has 5 heteroatoms. The first kappa shape index (κ1) is 8.76. The van der Waals surface area contributed by atoms with Gasteiger partial charge in [0.15, 0.2) is 0 Å². The number of anilines is 1. The topological polar surface area (TPSA) is 67.2 Å². The van der Waals surface area contributed by atoms with Crippen molar-refractivity contribution in [3.8, 4) is 0 Å². The molecular weight excluding hydrogens is 194 g/mol. The number of carboxylic acid groups (broad SMARTS) is 1. The molecule has 0 saturated heterocycles. The zero-order chi connectivity index (χ0) is 10.4. The lowest BCUT2D eigenvalue weighted by Gasteiger charge is -2.21. The largest absolute Gasteiger partial charge is 0.481 e. The Balaban J connectivity index is 1.85. The summed E-state index contributed by atoms with van der Waals surface area (Å²) in [7, 11) is 0. The van der Waals surface area contributed by atoms with Crippen molar-refractivity contribution in [2.45, 2.75) is 25.3 Å². The minimum absolute atomic E-state index is 0.334. The van der Waals surface area contributed by atoms with E-state index in [0.29, 0.717) is 19.0 Å². The lowest BCUT2D eigenvalue weighted by Crippen LogP contribution is -2.32. The number of hydrogen-bond acceptors (Lipinski definition) is 3. The van der Waals surface area contributed by atoms with Gasteiger partial charge in [0, 0.05) is 25.2 Å². The molecule has 0 bridgehead atoms. The number of carboxylic acids is 1. The Bertz CT molecular complexity index is 409. The molecule has 1 aliphatic carbocycles. The molecule has 1 fully saturated rings. The minimum Gasteiger partial charge on any atom is -0.481 e. The number of aromatic nitrogens is 2. The van der Waals surface area contributed by atoms with Crippen molar-refractivity contribution in [3.63, 3.8) is 0 Å². The van der Waals surface area contributed by atoms with Crippen molar-refractivity contribution in [1.29, 1.82) is 0 Å². The van der Waals surface area contributed by atoms with Crippen LogP contribution >= 0.6 is 0 Å². The summed E-state index contributed by atoms with van der Waals surface area (Å²) in [6, 6.07) is 0. The molecule has 1 aromatic heterocycles. The normalized spacial score (nSPS) is 24.4. The van der Waals surface area contributed by atoms with Gasteiger partial charge in [-0.2, -0.15) is 0 Å². The Morgan fingerprint density at radius 3 is 3.07 bits per heavy atom. The Morgan fingerprint density at radius 1 is 1.60 bits per heavy atom. The average Bonchev–Trinajstić information content (AvgIpc) is 2.97. The summed E-state index contributed by atoms with van der Waals surface area (Å²) < 4.78 is 1.93. The number of nitrogens with one attached hydrogen (secondary N) is 1. The van der Waals surface area contributed by atoms with E-state index in [2.05, 4.69) is 10.3 Å². The van der Waals surface area contributed by atoms with E-state index in [1.54, 1.807) is 0 Å². The second-order valence-corrected chi connectivity index (χ2v) is 4.33. The molecule has 2 N–H and O–H groups in total. The molecule has 1 unspecified atom stereocenters. The van der Waals surface area contributed by atoms with Crippen LogP contribution in [0.5, 0.6) is 0 Å². The Morgan fingerprint density at radius 2 is 2.40 bits per heavy atom. The molecule has 0 amide bonds. The lowest BCUT2D eigenvalue weighted by atomic mass is 10.1. The van der Waals surface area contributed by atoms with Crippen LogP contribution in [0.4, 0.5) is 5.95 Å². The van der Waals surface area contributed by atoms with Gasteiger partial charge >= 0.3 is 5.97 Å². The van der Waals surface area contributed by atoms with Crippen molar-refractivity contribution < 1.29 is 9.90 Å². The summed E-state index contributed by atoms with van der Waals surface area (Å²) in [4.78, 5) is 15.3. The number of nitrogens with zero attached hydrogens (tertiary/aromatic N) is 2. The van der Waals surface area contributed by atoms with Crippen LogP contribution in [0.25, 0.3) is 0 Å². The van der Waals surface area contributed by atoms with E-state index >= 15 is 0 Å². The van der Waals surface area contributed by atoms with Gasteiger partial charge in [-0.3, -0.25) is 4.79 Å². The van der Waals surface area contributed by atoms with Crippen LogP contribution in [-0.4, -0.2) is 27.2 Å². The molecule has 3 rings (SSSR count). The third-order valence-electron chi connectivity index (χ3n) is 3.06. The second kappa shape index (κ2) is 2.98. The van der Waals surface area contributed by atoms with E-state index in [-0.39, 0.29) is 5.92 Å². The molecule has 5 nitrogen and oxygen atoms in total. The maximum Gasteiger partial charge on any atom is 0.310 e. The minimum atomic E-state index is -0.741. The quantitative estimate of drug-likeness (QED) is 0.755. The summed E-state index contributed by atoms with van der Waals surface area (Å²) in [6.45, 7) is 1.02. The Hall–Kier alpha value is -1.52. The fourth-order valence-corrected chi connectivity index (χ4v) is 1.97. The molecule has 2 aliphatic rings. The van der Waals surface area contributed by atoms with Gasteiger partial charge < -0.3 is 15.0 Å². The number of rotatable bonds is 2. The molecule has 0 spiro atoms. The van der Waals surface area contributed by atoms with Gasteiger partial charge in [-0.25, -0.2) is 4.98 Å². The average molecular weight is 207 g/mol. The molecule has 1 saturated carbocycles. The first-order valence-corrected chi connectivity index (χ1v) is 5.28. The highest BCUT2D eigenvalue weighted by atomic mass is 16.4. The number of imidazole rings is 1. The molecule has 1 aromatic rings. The van der Waals surface area contributed by atoms with Crippen LogP contribution in [0, 0.1) is 5.92 Å². The van der Waals surface area contributed by atoms with Gasteiger partial charge in [0.1, 0.15) is 0 Å². The van der Waals surface area contributed by atoms with Crippen molar-refractivity contribution >= 4 is 11.9 Å². The second-order valence-electron chi connectivity index (χ2n) is 4.33. The standard InChI is InChI=1S/C10H13N3O2/c14-9(15)7-3-11-10-12-8(6-1-2-6)5-13(10)4-7/h5-7H,1-4H2,(H,11,12)(H,14,15). The van der Waals surface area contributed by atoms with Crippen LogP contribution in [-0.2, 0) is 11.3 Å². The Kier molecular flexibility index (Phi) is 1.74. The smallest absolute Gasteiger partial charge is 0.310 e. The fraction of sp³-hybridized carbons (Fsp3) is 0.600. The van der Waals surface area contributed by atoms with Crippen molar-refractivity contribution in [2.24, 2.45) is 5.92 Å². The van der Waals surface area contributed by atoms with Gasteiger partial charge in [-0.05, 0) is 12.8 Å². The van der Waals surface area contributed by atoms with Crippen LogP contribution < -0.4 is 5.32 Å². The molecule has 2 heterocycles. The van der Waals surface area contributed by atoms with Gasteiger partial charge in [0.25, 0.3) is 0 Å². The zero-order valence-corrected chi connectivity index (χ0v) is 8.31. The van der Waals surface area contributed by atoms with Crippen LogP contribution in [0.1, 0.15) is 24.5 Å².